The summed E-state index contributed by atoms with van der Waals surface area (Å²) in [5.74, 6) is -0.357. The molecule has 1 N–H and O–H groups in total. The molecule has 0 aliphatic heterocycles. The molecule has 18 heavy (non-hydrogen) atoms. The minimum absolute atomic E-state index is 0.357. The third kappa shape index (κ3) is 4.18. The van der Waals surface area contributed by atoms with Crippen molar-refractivity contribution in [2.24, 2.45) is 0 Å². The summed E-state index contributed by atoms with van der Waals surface area (Å²) in [6, 6.07) is 6.97. The van der Waals surface area contributed by atoms with Crippen molar-refractivity contribution < 1.29 is 14.6 Å². The maximum absolute atomic E-state index is 11.2. The Morgan fingerprint density at radius 1 is 1.44 bits per heavy atom. The van der Waals surface area contributed by atoms with Gasteiger partial charge in [0.25, 0.3) is 0 Å². The predicted molar refractivity (Wildman–Crippen MR) is 72.3 cm³/mol. The minimum atomic E-state index is -0.900. The molecular formula is C15H18O3. The van der Waals surface area contributed by atoms with E-state index >= 15 is 0 Å². The topological polar surface area (TPSA) is 46.5 Å². The molecule has 1 rings (SSSR count). The van der Waals surface area contributed by atoms with Gasteiger partial charge >= 0.3 is 5.97 Å². The molecule has 0 bridgehead atoms. The van der Waals surface area contributed by atoms with Crippen molar-refractivity contribution in [3.05, 3.63) is 54.1 Å². The average Bonchev–Trinajstić information content (AvgIpc) is 2.36. The summed E-state index contributed by atoms with van der Waals surface area (Å²) in [4.78, 5) is 11.2. The highest BCUT2D eigenvalue weighted by Crippen LogP contribution is 2.15. The van der Waals surface area contributed by atoms with Crippen LogP contribution in [0.2, 0.25) is 0 Å². The van der Waals surface area contributed by atoms with E-state index in [1.54, 1.807) is 43.3 Å². The lowest BCUT2D eigenvalue weighted by Crippen LogP contribution is -2.18. The molecule has 0 heterocycles. The Bertz CT molecular complexity index is 441. The monoisotopic (exact) mass is 246 g/mol. The average molecular weight is 246 g/mol. The second kappa shape index (κ2) is 6.17. The number of methoxy groups -OCH3 is 1. The van der Waals surface area contributed by atoms with Crippen molar-refractivity contribution in [3.8, 4) is 0 Å². The summed E-state index contributed by atoms with van der Waals surface area (Å²) in [5, 5.41) is 9.92. The highest BCUT2D eigenvalue weighted by atomic mass is 16.5. The molecule has 0 saturated heterocycles. The second-order valence-corrected chi connectivity index (χ2v) is 4.30. The highest BCUT2D eigenvalue weighted by molar-refractivity contribution is 5.89. The van der Waals surface area contributed by atoms with Crippen molar-refractivity contribution in [1.29, 1.82) is 0 Å². The largest absolute Gasteiger partial charge is 0.465 e. The smallest absolute Gasteiger partial charge is 0.337 e. The molecule has 1 aromatic rings. The van der Waals surface area contributed by atoms with Gasteiger partial charge in [-0.1, -0.05) is 30.4 Å². The van der Waals surface area contributed by atoms with Crippen molar-refractivity contribution in [2.75, 3.05) is 7.11 Å². The molecule has 96 valence electrons. The Morgan fingerprint density at radius 3 is 2.56 bits per heavy atom. The van der Waals surface area contributed by atoms with Crippen molar-refractivity contribution in [1.82, 2.24) is 0 Å². The third-order valence-electron chi connectivity index (χ3n) is 2.52. The highest BCUT2D eigenvalue weighted by Gasteiger charge is 2.13. The Morgan fingerprint density at radius 2 is 2.06 bits per heavy atom. The molecular weight excluding hydrogens is 228 g/mol. The van der Waals surface area contributed by atoms with E-state index in [1.807, 2.05) is 6.08 Å². The zero-order chi connectivity index (χ0) is 13.6. The second-order valence-electron chi connectivity index (χ2n) is 4.30. The van der Waals surface area contributed by atoms with E-state index in [1.165, 1.54) is 7.11 Å². The van der Waals surface area contributed by atoms with Gasteiger partial charge in [-0.2, -0.15) is 0 Å². The van der Waals surface area contributed by atoms with Crippen LogP contribution in [0.1, 0.15) is 29.3 Å². The van der Waals surface area contributed by atoms with Crippen LogP contribution in [0, 0.1) is 0 Å². The Hall–Kier alpha value is -1.87. The molecule has 1 unspecified atom stereocenters. The summed E-state index contributed by atoms with van der Waals surface area (Å²) >= 11 is 0. The van der Waals surface area contributed by atoms with E-state index in [-0.39, 0.29) is 5.97 Å². The first-order valence-corrected chi connectivity index (χ1v) is 5.69. The Labute approximate surface area is 107 Å². The van der Waals surface area contributed by atoms with Crippen LogP contribution in [0.15, 0.2) is 43.0 Å². The van der Waals surface area contributed by atoms with Crippen molar-refractivity contribution in [2.45, 2.75) is 18.9 Å². The molecule has 0 fully saturated rings. The van der Waals surface area contributed by atoms with Crippen molar-refractivity contribution in [3.63, 3.8) is 0 Å². The summed E-state index contributed by atoms with van der Waals surface area (Å²) in [5.41, 5.74) is 0.516. The minimum Gasteiger partial charge on any atom is -0.465 e. The van der Waals surface area contributed by atoms with Crippen LogP contribution in [0.25, 0.3) is 6.08 Å². The molecule has 3 nitrogen and oxygen atoms in total. The van der Waals surface area contributed by atoms with Crippen LogP contribution < -0.4 is 0 Å². The molecule has 1 atom stereocenters. The molecule has 3 heteroatoms. The maximum Gasteiger partial charge on any atom is 0.337 e. The number of rotatable bonds is 5. The van der Waals surface area contributed by atoms with Gasteiger partial charge in [-0.3, -0.25) is 0 Å². The van der Waals surface area contributed by atoms with Gasteiger partial charge in [0, 0.05) is 0 Å². The van der Waals surface area contributed by atoms with Gasteiger partial charge in [-0.15, -0.1) is 6.58 Å². The number of hydrogen-bond donors (Lipinski definition) is 1. The van der Waals surface area contributed by atoms with Gasteiger partial charge in [-0.25, -0.2) is 4.79 Å². The number of aliphatic hydroxyl groups is 1. The summed E-state index contributed by atoms with van der Waals surface area (Å²) in [6.07, 6.45) is 5.68. The maximum atomic E-state index is 11.2. The number of benzene rings is 1. The van der Waals surface area contributed by atoms with Gasteiger partial charge in [0.2, 0.25) is 0 Å². The van der Waals surface area contributed by atoms with E-state index in [9.17, 15) is 9.90 Å². The predicted octanol–water partition coefficient (Wildman–Crippen LogP) is 2.81. The van der Waals surface area contributed by atoms with Gasteiger partial charge in [0.1, 0.15) is 0 Å². The van der Waals surface area contributed by atoms with Crippen LogP contribution in [0.5, 0.6) is 0 Å². The van der Waals surface area contributed by atoms with Gasteiger partial charge < -0.3 is 9.84 Å². The Balaban J connectivity index is 2.78. The fraction of sp³-hybridized carbons (Fsp3) is 0.267. The summed E-state index contributed by atoms with van der Waals surface area (Å²) in [7, 11) is 1.35. The zero-order valence-corrected chi connectivity index (χ0v) is 10.7. The molecule has 0 spiro atoms. The van der Waals surface area contributed by atoms with E-state index < -0.39 is 5.60 Å². The van der Waals surface area contributed by atoms with Crippen LogP contribution in [0.4, 0.5) is 0 Å². The fourth-order valence-corrected chi connectivity index (χ4v) is 1.48. The van der Waals surface area contributed by atoms with E-state index in [0.29, 0.717) is 12.0 Å². The van der Waals surface area contributed by atoms with E-state index in [2.05, 4.69) is 11.3 Å². The Kier molecular flexibility index (Phi) is 4.86. The SMILES string of the molecule is C=CCC(C)(O)/C=C/c1ccc(C(=O)OC)cc1. The van der Waals surface area contributed by atoms with Gasteiger partial charge in [-0.05, 0) is 31.0 Å². The van der Waals surface area contributed by atoms with Gasteiger partial charge in [0.05, 0.1) is 18.3 Å². The summed E-state index contributed by atoms with van der Waals surface area (Å²) < 4.78 is 4.61. The number of hydrogen-bond acceptors (Lipinski definition) is 3. The number of carbonyl (C=O) groups excluding carboxylic acids is 1. The van der Waals surface area contributed by atoms with Crippen LogP contribution >= 0.6 is 0 Å². The van der Waals surface area contributed by atoms with Crippen LogP contribution in [-0.4, -0.2) is 23.8 Å². The molecule has 1 aromatic carbocycles. The fourth-order valence-electron chi connectivity index (χ4n) is 1.48. The zero-order valence-electron chi connectivity index (χ0n) is 10.7. The first-order valence-electron chi connectivity index (χ1n) is 5.69. The first-order chi connectivity index (χ1) is 8.48. The van der Waals surface area contributed by atoms with E-state index in [0.717, 1.165) is 5.56 Å². The number of esters is 1. The molecule has 0 saturated carbocycles. The number of carbonyl (C=O) groups is 1. The molecule has 0 aliphatic carbocycles. The molecule has 0 aromatic heterocycles. The summed E-state index contributed by atoms with van der Waals surface area (Å²) in [6.45, 7) is 5.31. The first kappa shape index (κ1) is 14.2. The van der Waals surface area contributed by atoms with Crippen molar-refractivity contribution >= 4 is 12.0 Å². The quantitative estimate of drug-likeness (QED) is 0.642. The number of ether oxygens (including phenoxy) is 1. The van der Waals surface area contributed by atoms with Gasteiger partial charge in [0.15, 0.2) is 0 Å². The molecule has 0 radical (unpaired) electrons. The van der Waals surface area contributed by atoms with E-state index in [4.69, 9.17) is 0 Å². The normalized spacial score (nSPS) is 14.2. The standard InChI is InChI=1S/C15H18O3/c1-4-10-15(2,17)11-9-12-5-7-13(8-6-12)14(16)18-3/h4-9,11,17H,1,10H2,2-3H3/b11-9+. The van der Waals surface area contributed by atoms with Crippen LogP contribution in [0.3, 0.4) is 0 Å². The van der Waals surface area contributed by atoms with Crippen LogP contribution in [-0.2, 0) is 4.74 Å². The molecule has 0 amide bonds. The third-order valence-corrected chi connectivity index (χ3v) is 2.52. The lowest BCUT2D eigenvalue weighted by atomic mass is 10.0. The molecule has 0 aliphatic rings. The lowest BCUT2D eigenvalue weighted by Gasteiger charge is -2.15. The lowest BCUT2D eigenvalue weighted by molar-refractivity contribution is 0.0600.